The molecule has 1 aromatic heterocycles. The predicted octanol–water partition coefficient (Wildman–Crippen LogP) is 2.83. The summed E-state index contributed by atoms with van der Waals surface area (Å²) < 4.78 is 38.8. The summed E-state index contributed by atoms with van der Waals surface area (Å²) in [5, 5.41) is 12.7. The number of halogens is 3. The summed E-state index contributed by atoms with van der Waals surface area (Å²) in [5.74, 6) is -0.986. The molecule has 0 saturated carbocycles. The fraction of sp³-hybridized carbons (Fsp3) is 0.231. The van der Waals surface area contributed by atoms with Crippen LogP contribution in [0.3, 0.4) is 0 Å². The van der Waals surface area contributed by atoms with Gasteiger partial charge in [0.25, 0.3) is 0 Å². The molecule has 1 N–H and O–H groups in total. The number of nitrogens with zero attached hydrogens (tertiary/aromatic N) is 2. The van der Waals surface area contributed by atoms with Crippen molar-refractivity contribution in [3.05, 3.63) is 47.3 Å². The summed E-state index contributed by atoms with van der Waals surface area (Å²) >= 11 is 0. The third kappa shape index (κ3) is 2.81. The first-order chi connectivity index (χ1) is 9.29. The number of aromatic nitrogens is 2. The van der Waals surface area contributed by atoms with E-state index in [4.69, 9.17) is 5.11 Å². The van der Waals surface area contributed by atoms with Crippen LogP contribution in [0.1, 0.15) is 16.8 Å². The maximum atomic E-state index is 12.5. The number of hydrogen-bond donors (Lipinski definition) is 1. The molecule has 0 aliphatic rings. The van der Waals surface area contributed by atoms with Gasteiger partial charge in [0.05, 0.1) is 23.9 Å². The summed E-state index contributed by atoms with van der Waals surface area (Å²) in [5.41, 5.74) is 0.827. The van der Waals surface area contributed by atoms with Gasteiger partial charge in [0.15, 0.2) is 0 Å². The first-order valence-corrected chi connectivity index (χ1v) is 5.72. The van der Waals surface area contributed by atoms with E-state index in [2.05, 4.69) is 5.10 Å². The lowest BCUT2D eigenvalue weighted by Crippen LogP contribution is -2.06. The molecule has 1 heterocycles. The molecular formula is C13H11F3N2O2. The van der Waals surface area contributed by atoms with Gasteiger partial charge in [-0.2, -0.15) is 18.3 Å². The first-order valence-electron chi connectivity index (χ1n) is 5.72. The van der Waals surface area contributed by atoms with Crippen LogP contribution in [0.4, 0.5) is 13.2 Å². The quantitative estimate of drug-likeness (QED) is 0.943. The number of carbonyl (C=O) groups is 1. The van der Waals surface area contributed by atoms with E-state index in [9.17, 15) is 18.0 Å². The number of aliphatic carboxylic acids is 1. The molecule has 0 unspecified atom stereocenters. The van der Waals surface area contributed by atoms with Gasteiger partial charge in [-0.3, -0.25) is 4.79 Å². The maximum Gasteiger partial charge on any atom is 0.416 e. The molecule has 0 radical (unpaired) electrons. The van der Waals surface area contributed by atoms with Gasteiger partial charge in [0.2, 0.25) is 0 Å². The van der Waals surface area contributed by atoms with Crippen molar-refractivity contribution in [2.24, 2.45) is 0 Å². The van der Waals surface area contributed by atoms with Crippen molar-refractivity contribution < 1.29 is 23.1 Å². The van der Waals surface area contributed by atoms with Gasteiger partial charge in [-0.15, -0.1) is 0 Å². The highest BCUT2D eigenvalue weighted by Gasteiger charge is 2.30. The van der Waals surface area contributed by atoms with Crippen molar-refractivity contribution >= 4 is 5.97 Å². The molecule has 0 amide bonds. The Bertz CT molecular complexity index is 630. The van der Waals surface area contributed by atoms with E-state index in [0.29, 0.717) is 16.9 Å². The van der Waals surface area contributed by atoms with E-state index in [-0.39, 0.29) is 6.42 Å². The molecule has 0 aliphatic heterocycles. The van der Waals surface area contributed by atoms with Crippen molar-refractivity contribution in [1.29, 1.82) is 0 Å². The molecule has 0 fully saturated rings. The molecule has 0 spiro atoms. The predicted molar refractivity (Wildman–Crippen MR) is 64.6 cm³/mol. The van der Waals surface area contributed by atoms with Gasteiger partial charge in [0, 0.05) is 11.3 Å². The molecule has 20 heavy (non-hydrogen) atoms. The fourth-order valence-electron chi connectivity index (χ4n) is 1.83. The SMILES string of the molecule is Cc1c(CC(=O)O)cnn1-c1ccc(C(F)(F)F)cc1. The Morgan fingerprint density at radius 1 is 1.30 bits per heavy atom. The van der Waals surface area contributed by atoms with Crippen molar-refractivity contribution in [3.63, 3.8) is 0 Å². The Hall–Kier alpha value is -2.31. The minimum atomic E-state index is -4.38. The Balaban J connectivity index is 2.33. The summed E-state index contributed by atoms with van der Waals surface area (Å²) in [6.07, 6.45) is -3.15. The monoisotopic (exact) mass is 284 g/mol. The van der Waals surface area contributed by atoms with Gasteiger partial charge in [-0.05, 0) is 31.2 Å². The van der Waals surface area contributed by atoms with E-state index in [1.807, 2.05) is 0 Å². The Kier molecular flexibility index (Phi) is 3.52. The normalized spacial score (nSPS) is 11.6. The van der Waals surface area contributed by atoms with Crippen molar-refractivity contribution in [2.75, 3.05) is 0 Å². The minimum Gasteiger partial charge on any atom is -0.481 e. The number of hydrogen-bond acceptors (Lipinski definition) is 2. The van der Waals surface area contributed by atoms with Crippen molar-refractivity contribution in [2.45, 2.75) is 19.5 Å². The summed E-state index contributed by atoms with van der Waals surface area (Å²) in [7, 11) is 0. The van der Waals surface area contributed by atoms with Gasteiger partial charge < -0.3 is 5.11 Å². The fourth-order valence-corrected chi connectivity index (χ4v) is 1.83. The van der Waals surface area contributed by atoms with Crippen LogP contribution in [0.25, 0.3) is 5.69 Å². The Morgan fingerprint density at radius 2 is 1.90 bits per heavy atom. The highest BCUT2D eigenvalue weighted by Crippen LogP contribution is 2.29. The maximum absolute atomic E-state index is 12.5. The van der Waals surface area contributed by atoms with Gasteiger partial charge >= 0.3 is 12.1 Å². The number of rotatable bonds is 3. The summed E-state index contributed by atoms with van der Waals surface area (Å²) in [4.78, 5) is 10.7. The van der Waals surface area contributed by atoms with Crippen LogP contribution in [0.15, 0.2) is 30.5 Å². The van der Waals surface area contributed by atoms with Gasteiger partial charge in [-0.25, -0.2) is 4.68 Å². The van der Waals surface area contributed by atoms with Crippen molar-refractivity contribution in [3.8, 4) is 5.69 Å². The second-order valence-corrected chi connectivity index (χ2v) is 4.28. The smallest absolute Gasteiger partial charge is 0.416 e. The lowest BCUT2D eigenvalue weighted by atomic mass is 10.2. The lowest BCUT2D eigenvalue weighted by Gasteiger charge is -2.09. The molecule has 0 bridgehead atoms. The molecule has 2 aromatic rings. The van der Waals surface area contributed by atoms with Gasteiger partial charge in [-0.1, -0.05) is 0 Å². The highest BCUT2D eigenvalue weighted by atomic mass is 19.4. The summed E-state index contributed by atoms with van der Waals surface area (Å²) in [6, 6.07) is 4.53. The van der Waals surface area contributed by atoms with E-state index < -0.39 is 17.7 Å². The zero-order valence-electron chi connectivity index (χ0n) is 10.5. The zero-order valence-corrected chi connectivity index (χ0v) is 10.5. The number of alkyl halides is 3. The van der Waals surface area contributed by atoms with Crippen LogP contribution in [-0.4, -0.2) is 20.9 Å². The highest BCUT2D eigenvalue weighted by molar-refractivity contribution is 5.70. The van der Waals surface area contributed by atoms with E-state index in [0.717, 1.165) is 12.1 Å². The lowest BCUT2D eigenvalue weighted by molar-refractivity contribution is -0.138. The molecule has 1 aromatic carbocycles. The van der Waals surface area contributed by atoms with Gasteiger partial charge in [0.1, 0.15) is 0 Å². The molecule has 106 valence electrons. The zero-order chi connectivity index (χ0) is 14.9. The van der Waals surface area contributed by atoms with E-state index in [1.54, 1.807) is 6.92 Å². The minimum absolute atomic E-state index is 0.174. The molecular weight excluding hydrogens is 273 g/mol. The van der Waals surface area contributed by atoms with E-state index in [1.165, 1.54) is 23.0 Å². The van der Waals surface area contributed by atoms with Crippen LogP contribution < -0.4 is 0 Å². The number of carboxylic acids is 1. The molecule has 7 heteroatoms. The molecule has 2 rings (SSSR count). The molecule has 0 aliphatic carbocycles. The topological polar surface area (TPSA) is 55.1 Å². The third-order valence-electron chi connectivity index (χ3n) is 2.89. The summed E-state index contributed by atoms with van der Waals surface area (Å²) in [6.45, 7) is 1.67. The number of benzene rings is 1. The van der Waals surface area contributed by atoms with Crippen LogP contribution in [0.2, 0.25) is 0 Å². The van der Waals surface area contributed by atoms with Crippen molar-refractivity contribution in [1.82, 2.24) is 9.78 Å². The molecule has 0 saturated heterocycles. The average Bonchev–Trinajstić information content (AvgIpc) is 2.69. The van der Waals surface area contributed by atoms with Crippen LogP contribution in [0, 0.1) is 6.92 Å². The van der Waals surface area contributed by atoms with E-state index >= 15 is 0 Å². The van der Waals surface area contributed by atoms with Crippen LogP contribution in [0.5, 0.6) is 0 Å². The second kappa shape index (κ2) is 4.99. The van der Waals surface area contributed by atoms with Crippen LogP contribution in [-0.2, 0) is 17.4 Å². The molecule has 0 atom stereocenters. The standard InChI is InChI=1S/C13H11F3N2O2/c1-8-9(6-12(19)20)7-17-18(8)11-4-2-10(3-5-11)13(14,15)16/h2-5,7H,6H2,1H3,(H,19,20). The average molecular weight is 284 g/mol. The molecule has 4 nitrogen and oxygen atoms in total. The largest absolute Gasteiger partial charge is 0.481 e. The number of carboxylic acid groups (broad SMARTS) is 1. The van der Waals surface area contributed by atoms with Crippen LogP contribution >= 0.6 is 0 Å². The Morgan fingerprint density at radius 3 is 2.40 bits per heavy atom. The Labute approximate surface area is 112 Å². The third-order valence-corrected chi connectivity index (χ3v) is 2.89. The second-order valence-electron chi connectivity index (χ2n) is 4.28. The first kappa shape index (κ1) is 14.1.